The zero-order valence-electron chi connectivity index (χ0n) is 12.7. The maximum atomic E-state index is 3.57. The zero-order valence-corrected chi connectivity index (χ0v) is 12.7. The molecule has 1 aromatic carbocycles. The van der Waals surface area contributed by atoms with Crippen LogP contribution in [0.15, 0.2) is 24.3 Å². The third kappa shape index (κ3) is 5.22. The van der Waals surface area contributed by atoms with Gasteiger partial charge in [-0.15, -0.1) is 0 Å². The van der Waals surface area contributed by atoms with E-state index in [1.165, 1.54) is 17.5 Å². The summed E-state index contributed by atoms with van der Waals surface area (Å²) in [6, 6.07) is 8.75. The van der Waals surface area contributed by atoms with Crippen LogP contribution in [0.25, 0.3) is 0 Å². The Kier molecular flexibility index (Phi) is 6.42. The van der Waals surface area contributed by atoms with Gasteiger partial charge in [-0.25, -0.2) is 0 Å². The molecule has 1 aromatic rings. The second kappa shape index (κ2) is 7.58. The van der Waals surface area contributed by atoms with Crippen molar-refractivity contribution >= 4 is 0 Å². The molecule has 1 N–H and O–H groups in total. The van der Waals surface area contributed by atoms with E-state index in [1.807, 2.05) is 0 Å². The van der Waals surface area contributed by atoms with Crippen molar-refractivity contribution < 1.29 is 0 Å². The summed E-state index contributed by atoms with van der Waals surface area (Å²) in [6.45, 7) is 13.7. The molecule has 102 valence electrons. The number of rotatable bonds is 7. The minimum atomic E-state index is 0.725. The van der Waals surface area contributed by atoms with E-state index >= 15 is 0 Å². The van der Waals surface area contributed by atoms with Crippen LogP contribution in [0.2, 0.25) is 0 Å². The van der Waals surface area contributed by atoms with Crippen LogP contribution in [0.4, 0.5) is 0 Å². The van der Waals surface area contributed by atoms with Crippen molar-refractivity contribution in [2.45, 2.75) is 41.0 Å². The Balaban J connectivity index is 2.40. The Morgan fingerprint density at radius 2 is 1.61 bits per heavy atom. The summed E-state index contributed by atoms with van der Waals surface area (Å²) in [5.41, 5.74) is 2.92. The lowest BCUT2D eigenvalue weighted by molar-refractivity contribution is 0.357. The van der Waals surface area contributed by atoms with Crippen LogP contribution >= 0.6 is 0 Å². The first-order valence-electron chi connectivity index (χ1n) is 7.26. The quantitative estimate of drug-likeness (QED) is 0.766. The molecule has 0 saturated heterocycles. The Morgan fingerprint density at radius 1 is 0.944 bits per heavy atom. The van der Waals surface area contributed by atoms with E-state index in [0.29, 0.717) is 0 Å². The second-order valence-electron chi connectivity index (χ2n) is 6.14. The first-order chi connectivity index (χ1) is 8.50. The zero-order chi connectivity index (χ0) is 13.5. The lowest BCUT2D eigenvalue weighted by atomic mass is 9.88. The summed E-state index contributed by atoms with van der Waals surface area (Å²) in [7, 11) is 0. The summed E-state index contributed by atoms with van der Waals surface area (Å²) in [6.07, 6.45) is 1.19. The molecule has 1 rings (SSSR count). The van der Waals surface area contributed by atoms with Crippen LogP contribution < -0.4 is 5.32 Å². The molecule has 0 aliphatic rings. The Bertz CT molecular complexity index is 343. The first-order valence-corrected chi connectivity index (χ1v) is 7.26. The van der Waals surface area contributed by atoms with Crippen LogP contribution in [-0.2, 0) is 6.42 Å². The highest BCUT2D eigenvalue weighted by Gasteiger charge is 2.13. The molecular weight excluding hydrogens is 218 g/mol. The maximum Gasteiger partial charge on any atom is -0.00204 e. The normalized spacial score (nSPS) is 14.8. The van der Waals surface area contributed by atoms with E-state index in [0.717, 1.165) is 30.8 Å². The standard InChI is InChI=1S/C17H29N/c1-13(2)11-18-12-16(5)15(4)10-17-9-7-6-8-14(17)3/h6-9,13,15-16,18H,10-12H2,1-5H3. The van der Waals surface area contributed by atoms with Gasteiger partial charge in [-0.05, 0) is 55.3 Å². The summed E-state index contributed by atoms with van der Waals surface area (Å²) >= 11 is 0. The fraction of sp³-hybridized carbons (Fsp3) is 0.647. The van der Waals surface area contributed by atoms with Gasteiger partial charge < -0.3 is 5.32 Å². The van der Waals surface area contributed by atoms with Gasteiger partial charge >= 0.3 is 0 Å². The maximum absolute atomic E-state index is 3.57. The summed E-state index contributed by atoms with van der Waals surface area (Å²) in [5.74, 6) is 2.19. The fourth-order valence-electron chi connectivity index (χ4n) is 2.19. The first kappa shape index (κ1) is 15.2. The van der Waals surface area contributed by atoms with Gasteiger partial charge in [0.05, 0.1) is 0 Å². The fourth-order valence-corrected chi connectivity index (χ4v) is 2.19. The van der Waals surface area contributed by atoms with Gasteiger partial charge in [0.15, 0.2) is 0 Å². The highest BCUT2D eigenvalue weighted by molar-refractivity contribution is 5.25. The average molecular weight is 247 g/mol. The second-order valence-corrected chi connectivity index (χ2v) is 6.14. The van der Waals surface area contributed by atoms with Crippen LogP contribution in [0.3, 0.4) is 0 Å². The van der Waals surface area contributed by atoms with E-state index in [-0.39, 0.29) is 0 Å². The minimum Gasteiger partial charge on any atom is -0.316 e. The molecule has 1 heteroatoms. The Labute approximate surface area is 113 Å². The van der Waals surface area contributed by atoms with Gasteiger partial charge in [0, 0.05) is 0 Å². The van der Waals surface area contributed by atoms with Crippen molar-refractivity contribution in [3.63, 3.8) is 0 Å². The summed E-state index contributed by atoms with van der Waals surface area (Å²) in [5, 5.41) is 3.57. The highest BCUT2D eigenvalue weighted by atomic mass is 14.9. The van der Waals surface area contributed by atoms with Crippen LogP contribution in [0.1, 0.15) is 38.8 Å². The molecule has 0 aromatic heterocycles. The largest absolute Gasteiger partial charge is 0.316 e. The highest BCUT2D eigenvalue weighted by Crippen LogP contribution is 2.19. The van der Waals surface area contributed by atoms with Crippen molar-refractivity contribution in [3.05, 3.63) is 35.4 Å². The van der Waals surface area contributed by atoms with Gasteiger partial charge in [0.25, 0.3) is 0 Å². The predicted octanol–water partition coefficient (Wildman–Crippen LogP) is 4.06. The van der Waals surface area contributed by atoms with Crippen molar-refractivity contribution in [1.82, 2.24) is 5.32 Å². The molecule has 0 radical (unpaired) electrons. The molecule has 2 unspecified atom stereocenters. The average Bonchev–Trinajstić information content (AvgIpc) is 2.31. The number of nitrogens with one attached hydrogen (secondary N) is 1. The summed E-state index contributed by atoms with van der Waals surface area (Å²) < 4.78 is 0. The van der Waals surface area contributed by atoms with E-state index in [1.54, 1.807) is 0 Å². The van der Waals surface area contributed by atoms with Gasteiger partial charge in [0.1, 0.15) is 0 Å². The van der Waals surface area contributed by atoms with Gasteiger partial charge in [0.2, 0.25) is 0 Å². The van der Waals surface area contributed by atoms with Gasteiger partial charge in [-0.1, -0.05) is 52.0 Å². The molecule has 0 aliphatic carbocycles. The van der Waals surface area contributed by atoms with E-state index in [9.17, 15) is 0 Å². The Morgan fingerprint density at radius 3 is 2.22 bits per heavy atom. The number of hydrogen-bond donors (Lipinski definition) is 1. The van der Waals surface area contributed by atoms with Crippen LogP contribution in [-0.4, -0.2) is 13.1 Å². The molecule has 0 saturated carbocycles. The molecule has 1 nitrogen and oxygen atoms in total. The van der Waals surface area contributed by atoms with Crippen LogP contribution in [0, 0.1) is 24.7 Å². The molecular formula is C17H29N. The van der Waals surface area contributed by atoms with E-state index in [2.05, 4.69) is 64.2 Å². The topological polar surface area (TPSA) is 12.0 Å². The third-order valence-electron chi connectivity index (χ3n) is 3.79. The molecule has 0 amide bonds. The van der Waals surface area contributed by atoms with Crippen molar-refractivity contribution in [3.8, 4) is 0 Å². The minimum absolute atomic E-state index is 0.725. The van der Waals surface area contributed by atoms with Crippen molar-refractivity contribution in [2.24, 2.45) is 17.8 Å². The molecule has 0 bridgehead atoms. The Hall–Kier alpha value is -0.820. The lowest BCUT2D eigenvalue weighted by Crippen LogP contribution is -2.28. The number of benzene rings is 1. The van der Waals surface area contributed by atoms with E-state index < -0.39 is 0 Å². The molecule has 0 spiro atoms. The monoisotopic (exact) mass is 247 g/mol. The lowest BCUT2D eigenvalue weighted by Gasteiger charge is -2.22. The predicted molar refractivity (Wildman–Crippen MR) is 80.9 cm³/mol. The third-order valence-corrected chi connectivity index (χ3v) is 3.79. The number of aryl methyl sites for hydroxylation is 1. The smallest absolute Gasteiger partial charge is 0.00204 e. The molecule has 0 fully saturated rings. The van der Waals surface area contributed by atoms with Crippen molar-refractivity contribution in [1.29, 1.82) is 0 Å². The van der Waals surface area contributed by atoms with Crippen LogP contribution in [0.5, 0.6) is 0 Å². The molecule has 2 atom stereocenters. The van der Waals surface area contributed by atoms with Crippen molar-refractivity contribution in [2.75, 3.05) is 13.1 Å². The van der Waals surface area contributed by atoms with Gasteiger partial charge in [-0.3, -0.25) is 0 Å². The summed E-state index contributed by atoms with van der Waals surface area (Å²) in [4.78, 5) is 0. The van der Waals surface area contributed by atoms with E-state index in [4.69, 9.17) is 0 Å². The molecule has 0 heterocycles. The number of hydrogen-bond acceptors (Lipinski definition) is 1. The molecule has 18 heavy (non-hydrogen) atoms. The van der Waals surface area contributed by atoms with Gasteiger partial charge in [-0.2, -0.15) is 0 Å². The SMILES string of the molecule is Cc1ccccc1CC(C)C(C)CNCC(C)C. The molecule has 0 aliphatic heterocycles.